The van der Waals surface area contributed by atoms with Gasteiger partial charge in [0.1, 0.15) is 0 Å². The van der Waals surface area contributed by atoms with Crippen LogP contribution >= 0.6 is 11.6 Å². The van der Waals surface area contributed by atoms with Gasteiger partial charge in [0, 0.05) is 11.6 Å². The molecule has 2 rings (SSSR count). The minimum Gasteiger partial charge on any atom is -0.378 e. The number of halogens is 1. The van der Waals surface area contributed by atoms with Crippen molar-refractivity contribution >= 4 is 11.6 Å². The van der Waals surface area contributed by atoms with Gasteiger partial charge < -0.3 is 10.1 Å². The summed E-state index contributed by atoms with van der Waals surface area (Å²) in [6.45, 7) is 4.46. The van der Waals surface area contributed by atoms with Crippen LogP contribution in [-0.2, 0) is 4.74 Å². The molecule has 0 bridgehead atoms. The SMILES string of the molecule is Cc1ccc(C2COCCN2)cc1Cl. The van der Waals surface area contributed by atoms with E-state index in [-0.39, 0.29) is 0 Å². The molecule has 3 heteroatoms. The molecule has 76 valence electrons. The van der Waals surface area contributed by atoms with Gasteiger partial charge in [-0.05, 0) is 24.1 Å². The molecule has 1 fully saturated rings. The van der Waals surface area contributed by atoms with Gasteiger partial charge in [0.05, 0.1) is 19.3 Å². The summed E-state index contributed by atoms with van der Waals surface area (Å²) in [6.07, 6.45) is 0. The van der Waals surface area contributed by atoms with Crippen molar-refractivity contribution in [1.82, 2.24) is 5.32 Å². The number of ether oxygens (including phenoxy) is 1. The average molecular weight is 212 g/mol. The summed E-state index contributed by atoms with van der Waals surface area (Å²) in [5, 5.41) is 4.23. The molecular weight excluding hydrogens is 198 g/mol. The molecule has 0 aliphatic carbocycles. The standard InChI is InChI=1S/C11H14ClNO/c1-8-2-3-9(6-10(8)12)11-7-14-5-4-13-11/h2-3,6,11,13H,4-5,7H2,1H3. The molecule has 1 unspecified atom stereocenters. The van der Waals surface area contributed by atoms with E-state index in [9.17, 15) is 0 Å². The lowest BCUT2D eigenvalue weighted by Gasteiger charge is -2.24. The Bertz CT molecular complexity index is 321. The van der Waals surface area contributed by atoms with E-state index in [1.807, 2.05) is 19.1 Å². The van der Waals surface area contributed by atoms with E-state index in [4.69, 9.17) is 16.3 Å². The first kappa shape index (κ1) is 9.97. The molecule has 1 N–H and O–H groups in total. The number of hydrogen-bond donors (Lipinski definition) is 1. The summed E-state index contributed by atoms with van der Waals surface area (Å²) in [5.41, 5.74) is 2.33. The van der Waals surface area contributed by atoms with Crippen LogP contribution in [0.25, 0.3) is 0 Å². The van der Waals surface area contributed by atoms with Gasteiger partial charge >= 0.3 is 0 Å². The van der Waals surface area contributed by atoms with Crippen LogP contribution in [-0.4, -0.2) is 19.8 Å². The Hall–Kier alpha value is -0.570. The van der Waals surface area contributed by atoms with Gasteiger partial charge in [0.25, 0.3) is 0 Å². The van der Waals surface area contributed by atoms with Crippen molar-refractivity contribution in [3.63, 3.8) is 0 Å². The number of hydrogen-bond acceptors (Lipinski definition) is 2. The van der Waals surface area contributed by atoms with Crippen LogP contribution in [0.1, 0.15) is 17.2 Å². The van der Waals surface area contributed by atoms with Gasteiger partial charge in [-0.3, -0.25) is 0 Å². The van der Waals surface area contributed by atoms with Crippen LogP contribution in [0.2, 0.25) is 5.02 Å². The highest BCUT2D eigenvalue weighted by Crippen LogP contribution is 2.22. The predicted molar refractivity (Wildman–Crippen MR) is 57.8 cm³/mol. The minimum absolute atomic E-state index is 0.293. The van der Waals surface area contributed by atoms with E-state index >= 15 is 0 Å². The first-order chi connectivity index (χ1) is 6.77. The van der Waals surface area contributed by atoms with E-state index in [0.717, 1.165) is 30.3 Å². The van der Waals surface area contributed by atoms with Crippen LogP contribution < -0.4 is 5.32 Å². The van der Waals surface area contributed by atoms with Crippen LogP contribution in [0.3, 0.4) is 0 Å². The number of rotatable bonds is 1. The second-order valence-corrected chi connectivity index (χ2v) is 4.00. The molecule has 1 aromatic carbocycles. The lowest BCUT2D eigenvalue weighted by atomic mass is 10.1. The Morgan fingerprint density at radius 1 is 1.50 bits per heavy atom. The molecule has 0 amide bonds. The number of nitrogens with one attached hydrogen (secondary N) is 1. The summed E-state index contributed by atoms with van der Waals surface area (Å²) in [6, 6.07) is 6.46. The average Bonchev–Trinajstić information content (AvgIpc) is 2.23. The van der Waals surface area contributed by atoms with E-state index < -0.39 is 0 Å². The summed E-state index contributed by atoms with van der Waals surface area (Å²) >= 11 is 6.06. The van der Waals surface area contributed by atoms with Crippen molar-refractivity contribution in [2.45, 2.75) is 13.0 Å². The zero-order chi connectivity index (χ0) is 9.97. The molecular formula is C11H14ClNO. The molecule has 1 aliphatic rings. The molecule has 0 saturated carbocycles. The Morgan fingerprint density at radius 3 is 3.00 bits per heavy atom. The second kappa shape index (κ2) is 4.30. The number of benzene rings is 1. The summed E-state index contributed by atoms with van der Waals surface area (Å²) < 4.78 is 5.40. The highest BCUT2D eigenvalue weighted by molar-refractivity contribution is 6.31. The maximum Gasteiger partial charge on any atom is 0.0662 e. The molecule has 0 radical (unpaired) electrons. The Morgan fingerprint density at radius 2 is 2.36 bits per heavy atom. The van der Waals surface area contributed by atoms with Crippen LogP contribution in [0, 0.1) is 6.92 Å². The van der Waals surface area contributed by atoms with Gasteiger partial charge in [-0.15, -0.1) is 0 Å². The van der Waals surface area contributed by atoms with E-state index in [1.54, 1.807) is 0 Å². The monoisotopic (exact) mass is 211 g/mol. The maximum absolute atomic E-state index is 6.06. The number of aryl methyl sites for hydroxylation is 1. The molecule has 1 atom stereocenters. The fourth-order valence-corrected chi connectivity index (χ4v) is 1.79. The summed E-state index contributed by atoms with van der Waals surface area (Å²) in [4.78, 5) is 0. The van der Waals surface area contributed by atoms with Crippen LogP contribution in [0.15, 0.2) is 18.2 Å². The van der Waals surface area contributed by atoms with Gasteiger partial charge in [-0.25, -0.2) is 0 Å². The fraction of sp³-hybridized carbons (Fsp3) is 0.455. The highest BCUT2D eigenvalue weighted by atomic mass is 35.5. The molecule has 2 nitrogen and oxygen atoms in total. The Kier molecular flexibility index (Phi) is 3.06. The van der Waals surface area contributed by atoms with Gasteiger partial charge in [-0.1, -0.05) is 23.7 Å². The lowest BCUT2D eigenvalue weighted by molar-refractivity contribution is 0.0769. The zero-order valence-corrected chi connectivity index (χ0v) is 8.97. The van der Waals surface area contributed by atoms with Gasteiger partial charge in [0.2, 0.25) is 0 Å². The van der Waals surface area contributed by atoms with Crippen molar-refractivity contribution in [2.75, 3.05) is 19.8 Å². The Balaban J connectivity index is 2.18. The highest BCUT2D eigenvalue weighted by Gasteiger charge is 2.15. The molecule has 14 heavy (non-hydrogen) atoms. The van der Waals surface area contributed by atoms with Gasteiger partial charge in [-0.2, -0.15) is 0 Å². The largest absolute Gasteiger partial charge is 0.378 e. The quantitative estimate of drug-likeness (QED) is 0.770. The summed E-state index contributed by atoms with van der Waals surface area (Å²) in [5.74, 6) is 0. The lowest BCUT2D eigenvalue weighted by Crippen LogP contribution is -2.34. The molecule has 0 aromatic heterocycles. The number of morpholine rings is 1. The molecule has 1 aromatic rings. The molecule has 1 heterocycles. The van der Waals surface area contributed by atoms with E-state index in [1.165, 1.54) is 5.56 Å². The molecule has 1 saturated heterocycles. The zero-order valence-electron chi connectivity index (χ0n) is 8.22. The first-order valence-corrected chi connectivity index (χ1v) is 5.22. The predicted octanol–water partition coefficient (Wildman–Crippen LogP) is 2.31. The topological polar surface area (TPSA) is 21.3 Å². The third kappa shape index (κ3) is 2.08. The van der Waals surface area contributed by atoms with Crippen molar-refractivity contribution < 1.29 is 4.74 Å². The maximum atomic E-state index is 6.06. The summed E-state index contributed by atoms with van der Waals surface area (Å²) in [7, 11) is 0. The van der Waals surface area contributed by atoms with E-state index in [2.05, 4.69) is 11.4 Å². The van der Waals surface area contributed by atoms with Crippen molar-refractivity contribution in [3.8, 4) is 0 Å². The Labute approximate surface area is 89.2 Å². The first-order valence-electron chi connectivity index (χ1n) is 4.84. The van der Waals surface area contributed by atoms with Crippen molar-refractivity contribution in [1.29, 1.82) is 0 Å². The minimum atomic E-state index is 0.293. The van der Waals surface area contributed by atoms with Crippen LogP contribution in [0.5, 0.6) is 0 Å². The van der Waals surface area contributed by atoms with Crippen LogP contribution in [0.4, 0.5) is 0 Å². The molecule has 1 aliphatic heterocycles. The second-order valence-electron chi connectivity index (χ2n) is 3.59. The van der Waals surface area contributed by atoms with Crippen molar-refractivity contribution in [3.05, 3.63) is 34.3 Å². The molecule has 0 spiro atoms. The van der Waals surface area contributed by atoms with Gasteiger partial charge in [0.15, 0.2) is 0 Å². The smallest absolute Gasteiger partial charge is 0.0662 e. The normalized spacial score (nSPS) is 22.3. The third-order valence-electron chi connectivity index (χ3n) is 2.52. The van der Waals surface area contributed by atoms with Crippen molar-refractivity contribution in [2.24, 2.45) is 0 Å². The van der Waals surface area contributed by atoms with E-state index in [0.29, 0.717) is 6.04 Å². The fourth-order valence-electron chi connectivity index (χ4n) is 1.61. The third-order valence-corrected chi connectivity index (χ3v) is 2.93.